The highest BCUT2D eigenvalue weighted by Crippen LogP contribution is 2.28. The van der Waals surface area contributed by atoms with E-state index in [0.29, 0.717) is 19.6 Å². The summed E-state index contributed by atoms with van der Waals surface area (Å²) in [6.07, 6.45) is -1.79. The van der Waals surface area contributed by atoms with E-state index in [9.17, 15) is 23.2 Å². The Balaban J connectivity index is 1.30. The molecule has 200 valence electrons. The van der Waals surface area contributed by atoms with E-state index < -0.39 is 30.3 Å². The molecule has 1 aromatic carbocycles. The van der Waals surface area contributed by atoms with Crippen LogP contribution in [0.3, 0.4) is 0 Å². The van der Waals surface area contributed by atoms with E-state index in [1.165, 1.54) is 29.5 Å². The SMILES string of the molecule is O=C(NC[C@H]1CN(c2ccc(N3CCON(C(=O)CNCc4cnoc4)CC3)c(F)c2)C(=O)O1)C(F)F. The molecular weight excluding hydrogens is 501 g/mol. The number of ether oxygens (including phenoxy) is 1. The van der Waals surface area contributed by atoms with Gasteiger partial charge in [0.25, 0.3) is 11.8 Å². The predicted octanol–water partition coefficient (Wildman–Crippen LogP) is 0.890. The number of amides is 3. The number of rotatable bonds is 9. The van der Waals surface area contributed by atoms with Crippen LogP contribution in [0.15, 0.2) is 35.2 Å². The van der Waals surface area contributed by atoms with E-state index in [1.807, 2.05) is 5.32 Å². The van der Waals surface area contributed by atoms with Crippen molar-refractivity contribution in [2.75, 3.05) is 55.7 Å². The zero-order chi connectivity index (χ0) is 26.4. The Labute approximate surface area is 209 Å². The van der Waals surface area contributed by atoms with Crippen molar-refractivity contribution in [2.24, 2.45) is 0 Å². The van der Waals surface area contributed by atoms with E-state index in [1.54, 1.807) is 11.1 Å². The van der Waals surface area contributed by atoms with Crippen LogP contribution in [0.25, 0.3) is 0 Å². The van der Waals surface area contributed by atoms with Crippen LogP contribution in [0.1, 0.15) is 5.56 Å². The summed E-state index contributed by atoms with van der Waals surface area (Å²) in [5.41, 5.74) is 1.28. The lowest BCUT2D eigenvalue weighted by Crippen LogP contribution is -2.39. The third kappa shape index (κ3) is 6.68. The maximum absolute atomic E-state index is 15.0. The normalized spacial score (nSPS) is 18.2. The van der Waals surface area contributed by atoms with E-state index in [2.05, 4.69) is 10.5 Å². The van der Waals surface area contributed by atoms with Gasteiger partial charge in [-0.15, -0.1) is 0 Å². The fraction of sp³-hybridized carbons (Fsp3) is 0.455. The average molecular weight is 526 g/mol. The number of hydrogen-bond acceptors (Lipinski definition) is 9. The van der Waals surface area contributed by atoms with Crippen LogP contribution in [-0.2, 0) is 25.7 Å². The van der Waals surface area contributed by atoms with E-state index >= 15 is 4.39 Å². The standard InChI is InChI=1S/C22H25F3N6O6/c23-17-7-15(30-12-16(37-22(30)34)10-27-21(33)20(24)25)1-2-18(17)29-3-4-31(36-6-5-29)19(32)11-26-8-14-9-28-35-13-14/h1-2,7,9,13,16,20,26H,3-6,8,10-12H2,(H,27,33)/t16-/m0/s1. The molecule has 3 heterocycles. The van der Waals surface area contributed by atoms with Crippen molar-refractivity contribution in [1.82, 2.24) is 20.9 Å². The number of carbonyl (C=O) groups is 3. The van der Waals surface area contributed by atoms with Gasteiger partial charge in [0.05, 0.1) is 50.4 Å². The van der Waals surface area contributed by atoms with Crippen LogP contribution in [-0.4, -0.2) is 86.5 Å². The molecule has 0 radical (unpaired) electrons. The quantitative estimate of drug-likeness (QED) is 0.489. The summed E-state index contributed by atoms with van der Waals surface area (Å²) < 4.78 is 49.5. The maximum atomic E-state index is 15.0. The second-order valence-corrected chi connectivity index (χ2v) is 8.25. The first kappa shape index (κ1) is 26.2. The number of carbonyl (C=O) groups excluding carboxylic acids is 3. The molecule has 0 aliphatic carbocycles. The number of hydroxylamine groups is 2. The van der Waals surface area contributed by atoms with Crippen molar-refractivity contribution in [3.63, 3.8) is 0 Å². The predicted molar refractivity (Wildman–Crippen MR) is 121 cm³/mol. The molecule has 2 fully saturated rings. The number of nitrogens with zero attached hydrogens (tertiary/aromatic N) is 4. The van der Waals surface area contributed by atoms with E-state index in [0.717, 1.165) is 10.5 Å². The zero-order valence-electron chi connectivity index (χ0n) is 19.6. The Bertz CT molecular complexity index is 1100. The lowest BCUT2D eigenvalue weighted by molar-refractivity contribution is -0.180. The minimum Gasteiger partial charge on any atom is -0.442 e. The van der Waals surface area contributed by atoms with Crippen molar-refractivity contribution >= 4 is 29.3 Å². The number of anilines is 2. The number of aromatic nitrogens is 1. The lowest BCUT2D eigenvalue weighted by atomic mass is 10.2. The number of cyclic esters (lactones) is 1. The highest BCUT2D eigenvalue weighted by Gasteiger charge is 2.33. The Morgan fingerprint density at radius 3 is 2.78 bits per heavy atom. The monoisotopic (exact) mass is 526 g/mol. The Morgan fingerprint density at radius 2 is 2.05 bits per heavy atom. The molecule has 1 aromatic heterocycles. The van der Waals surface area contributed by atoms with Crippen LogP contribution in [0.4, 0.5) is 29.3 Å². The molecule has 2 saturated heterocycles. The van der Waals surface area contributed by atoms with Gasteiger partial charge in [-0.25, -0.2) is 14.2 Å². The third-order valence-corrected chi connectivity index (χ3v) is 5.71. The van der Waals surface area contributed by atoms with Crippen LogP contribution >= 0.6 is 0 Å². The van der Waals surface area contributed by atoms with Crippen LogP contribution < -0.4 is 20.4 Å². The van der Waals surface area contributed by atoms with Crippen LogP contribution in [0.2, 0.25) is 0 Å². The van der Waals surface area contributed by atoms with Gasteiger partial charge in [0, 0.05) is 25.2 Å². The Hall–Kier alpha value is -3.85. The number of hydrogen-bond donors (Lipinski definition) is 2. The summed E-state index contributed by atoms with van der Waals surface area (Å²) in [4.78, 5) is 44.1. The van der Waals surface area contributed by atoms with Gasteiger partial charge in [0.2, 0.25) is 0 Å². The molecule has 15 heteroatoms. The molecule has 2 aromatic rings. The Morgan fingerprint density at radius 1 is 1.22 bits per heavy atom. The minimum atomic E-state index is -3.17. The summed E-state index contributed by atoms with van der Waals surface area (Å²) in [7, 11) is 0. The molecule has 37 heavy (non-hydrogen) atoms. The van der Waals surface area contributed by atoms with Crippen LogP contribution in [0.5, 0.6) is 0 Å². The third-order valence-electron chi connectivity index (χ3n) is 5.71. The van der Waals surface area contributed by atoms with Crippen molar-refractivity contribution < 1.29 is 41.7 Å². The molecule has 2 N–H and O–H groups in total. The summed E-state index contributed by atoms with van der Waals surface area (Å²) in [5, 5.41) is 9.79. The highest BCUT2D eigenvalue weighted by atomic mass is 19.3. The van der Waals surface area contributed by atoms with Gasteiger partial charge in [-0.2, -0.15) is 8.78 Å². The lowest BCUT2D eigenvalue weighted by Gasteiger charge is -2.24. The van der Waals surface area contributed by atoms with Gasteiger partial charge < -0.3 is 24.8 Å². The fourth-order valence-corrected chi connectivity index (χ4v) is 3.85. The fourth-order valence-electron chi connectivity index (χ4n) is 3.85. The summed E-state index contributed by atoms with van der Waals surface area (Å²) in [6.45, 7) is 1.11. The number of benzene rings is 1. The molecule has 0 bridgehead atoms. The minimum absolute atomic E-state index is 0.0347. The van der Waals surface area contributed by atoms with Gasteiger partial charge in [-0.05, 0) is 18.2 Å². The van der Waals surface area contributed by atoms with Gasteiger partial charge in [-0.3, -0.25) is 19.3 Å². The molecule has 0 spiro atoms. The maximum Gasteiger partial charge on any atom is 0.414 e. The van der Waals surface area contributed by atoms with E-state index in [-0.39, 0.29) is 50.1 Å². The molecule has 2 aliphatic rings. The molecule has 12 nitrogen and oxygen atoms in total. The molecule has 1 atom stereocenters. The van der Waals surface area contributed by atoms with Gasteiger partial charge in [-0.1, -0.05) is 5.16 Å². The first-order chi connectivity index (χ1) is 17.8. The average Bonchev–Trinajstić information content (AvgIpc) is 3.45. The number of halogens is 3. The summed E-state index contributed by atoms with van der Waals surface area (Å²) >= 11 is 0. The molecular formula is C22H25F3N6O6. The second kappa shape index (κ2) is 11.9. The second-order valence-electron chi connectivity index (χ2n) is 8.25. The van der Waals surface area contributed by atoms with E-state index in [4.69, 9.17) is 14.1 Å². The van der Waals surface area contributed by atoms with Gasteiger partial charge >= 0.3 is 12.5 Å². The van der Waals surface area contributed by atoms with Crippen molar-refractivity contribution in [2.45, 2.75) is 19.1 Å². The first-order valence-electron chi connectivity index (χ1n) is 11.4. The number of nitrogens with one attached hydrogen (secondary N) is 2. The largest absolute Gasteiger partial charge is 0.442 e. The Kier molecular flexibility index (Phi) is 8.45. The molecule has 0 unspecified atom stereocenters. The zero-order valence-corrected chi connectivity index (χ0v) is 19.6. The van der Waals surface area contributed by atoms with Crippen molar-refractivity contribution in [3.8, 4) is 0 Å². The topological polar surface area (TPSA) is 129 Å². The smallest absolute Gasteiger partial charge is 0.414 e. The first-order valence-corrected chi connectivity index (χ1v) is 11.4. The van der Waals surface area contributed by atoms with Crippen molar-refractivity contribution in [1.29, 1.82) is 0 Å². The van der Waals surface area contributed by atoms with Crippen LogP contribution in [0, 0.1) is 5.82 Å². The molecule has 3 amide bonds. The van der Waals surface area contributed by atoms with Gasteiger partial charge in [0.1, 0.15) is 18.2 Å². The number of alkyl halides is 2. The van der Waals surface area contributed by atoms with Gasteiger partial charge in [0.15, 0.2) is 0 Å². The van der Waals surface area contributed by atoms with Crippen molar-refractivity contribution in [3.05, 3.63) is 42.0 Å². The summed E-state index contributed by atoms with van der Waals surface area (Å²) in [6, 6.07) is 4.20. The highest BCUT2D eigenvalue weighted by molar-refractivity contribution is 5.90. The molecule has 2 aliphatic heterocycles. The molecule has 4 rings (SSSR count). The molecule has 0 saturated carbocycles. The summed E-state index contributed by atoms with van der Waals surface area (Å²) in [5.74, 6) is -2.34.